The Balaban J connectivity index is 2.28. The molecule has 4 heteroatoms. The molecule has 1 heterocycles. The topological polar surface area (TPSA) is 17.1 Å². The lowest BCUT2D eigenvalue weighted by molar-refractivity contribution is 0.679. The predicted octanol–water partition coefficient (Wildman–Crippen LogP) is 4.17. The Morgan fingerprint density at radius 2 is 1.55 bits per heavy atom. The van der Waals surface area contributed by atoms with Crippen molar-refractivity contribution in [1.29, 1.82) is 0 Å². The van der Waals surface area contributed by atoms with Crippen molar-refractivity contribution in [1.82, 2.24) is 0 Å². The molecule has 2 aromatic rings. The average molecular weight is 319 g/mol. The van der Waals surface area contributed by atoms with Crippen molar-refractivity contribution in [3.8, 4) is 0 Å². The highest BCUT2D eigenvalue weighted by Crippen LogP contribution is 2.43. The maximum absolute atomic E-state index is 13.1. The molecule has 0 saturated carbocycles. The maximum atomic E-state index is 13.1. The van der Waals surface area contributed by atoms with Crippen molar-refractivity contribution in [3.63, 3.8) is 0 Å². The van der Waals surface area contributed by atoms with Crippen LogP contribution in [0.4, 0.5) is 0 Å². The van der Waals surface area contributed by atoms with Gasteiger partial charge in [-0.2, -0.15) is 0 Å². The maximum Gasteiger partial charge on any atom is 0.0874 e. The molecule has 0 aromatic heterocycles. The van der Waals surface area contributed by atoms with Crippen LogP contribution in [-0.4, -0.2) is 12.3 Å². The summed E-state index contributed by atoms with van der Waals surface area (Å²) in [6.45, 7) is 9.01. The first-order valence-electron chi connectivity index (χ1n) is 6.72. The van der Waals surface area contributed by atoms with Crippen LogP contribution in [0.2, 0.25) is 19.6 Å². The lowest BCUT2D eigenvalue weighted by atomic mass is 10.2. The van der Waals surface area contributed by atoms with E-state index in [1.807, 2.05) is 6.07 Å². The number of benzene rings is 2. The third-order valence-electron chi connectivity index (χ3n) is 3.55. The van der Waals surface area contributed by atoms with Crippen molar-refractivity contribution in [2.45, 2.75) is 46.1 Å². The summed E-state index contributed by atoms with van der Waals surface area (Å²) in [5.41, 5.74) is 1.13. The van der Waals surface area contributed by atoms with Crippen LogP contribution < -0.4 is 5.19 Å². The second kappa shape index (κ2) is 4.86. The van der Waals surface area contributed by atoms with Crippen LogP contribution in [0, 0.1) is 6.92 Å². The van der Waals surface area contributed by atoms with Crippen LogP contribution in [0.3, 0.4) is 0 Å². The molecule has 1 atom stereocenters. The second-order valence-corrected chi connectivity index (χ2v) is 13.6. The molecule has 1 nitrogen and oxygen atoms in total. The number of rotatable bonds is 1. The molecule has 3 rings (SSSR count). The summed E-state index contributed by atoms with van der Waals surface area (Å²) in [4.78, 5) is 4.39. The number of fused-ring (bicyclic) bond motifs is 2. The molecule has 2 aromatic carbocycles. The molecule has 1 unspecified atom stereocenters. The molecular formula is C16H18OS2Si. The third kappa shape index (κ3) is 2.20. The van der Waals surface area contributed by atoms with Crippen LogP contribution in [-0.2, 0) is 10.8 Å². The van der Waals surface area contributed by atoms with Gasteiger partial charge in [0.05, 0.1) is 28.7 Å². The van der Waals surface area contributed by atoms with Crippen molar-refractivity contribution in [3.05, 3.63) is 42.0 Å². The molecule has 0 aliphatic carbocycles. The van der Waals surface area contributed by atoms with Gasteiger partial charge in [-0.15, -0.1) is 0 Å². The van der Waals surface area contributed by atoms with E-state index in [0.29, 0.717) is 0 Å². The van der Waals surface area contributed by atoms with Gasteiger partial charge < -0.3 is 0 Å². The molecule has 0 N–H and O–H groups in total. The van der Waals surface area contributed by atoms with E-state index in [9.17, 15) is 4.21 Å². The summed E-state index contributed by atoms with van der Waals surface area (Å²) >= 11 is 1.76. The third-order valence-corrected chi connectivity index (χ3v) is 8.87. The van der Waals surface area contributed by atoms with Crippen molar-refractivity contribution < 1.29 is 4.21 Å². The number of hydrogen-bond acceptors (Lipinski definition) is 2. The molecule has 0 bridgehead atoms. The van der Waals surface area contributed by atoms with E-state index in [1.165, 1.54) is 10.1 Å². The fraction of sp³-hybridized carbons (Fsp3) is 0.250. The highest BCUT2D eigenvalue weighted by molar-refractivity contribution is 8.01. The van der Waals surface area contributed by atoms with E-state index in [1.54, 1.807) is 11.8 Å². The average Bonchev–Trinajstić information content (AvgIpc) is 2.37. The zero-order valence-corrected chi connectivity index (χ0v) is 14.8. The molecule has 1 aliphatic heterocycles. The van der Waals surface area contributed by atoms with Gasteiger partial charge in [0.1, 0.15) is 0 Å². The van der Waals surface area contributed by atoms with Gasteiger partial charge in [-0.3, -0.25) is 0 Å². The lowest BCUT2D eigenvalue weighted by Crippen LogP contribution is -2.41. The summed E-state index contributed by atoms with van der Waals surface area (Å²) in [5.74, 6) is 0. The van der Waals surface area contributed by atoms with Crippen molar-refractivity contribution in [2.24, 2.45) is 0 Å². The minimum atomic E-state index is -1.50. The van der Waals surface area contributed by atoms with Gasteiger partial charge in [0.15, 0.2) is 0 Å². The monoisotopic (exact) mass is 318 g/mol. The first kappa shape index (κ1) is 14.1. The predicted molar refractivity (Wildman–Crippen MR) is 89.4 cm³/mol. The molecule has 20 heavy (non-hydrogen) atoms. The molecular weight excluding hydrogens is 300 g/mol. The molecule has 0 radical (unpaired) electrons. The summed E-state index contributed by atoms with van der Waals surface area (Å²) in [5, 5.41) is 1.33. The van der Waals surface area contributed by atoms with Gasteiger partial charge in [-0.05, 0) is 29.8 Å². The first-order valence-corrected chi connectivity index (χ1v) is 12.2. The van der Waals surface area contributed by atoms with Crippen LogP contribution in [0.15, 0.2) is 56.0 Å². The Morgan fingerprint density at radius 3 is 2.20 bits per heavy atom. The van der Waals surface area contributed by atoms with Gasteiger partial charge in [-0.25, -0.2) is 4.21 Å². The highest BCUT2D eigenvalue weighted by Gasteiger charge is 2.31. The van der Waals surface area contributed by atoms with Gasteiger partial charge in [0.2, 0.25) is 0 Å². The van der Waals surface area contributed by atoms with E-state index in [0.717, 1.165) is 20.2 Å². The van der Waals surface area contributed by atoms with Gasteiger partial charge in [0.25, 0.3) is 0 Å². The van der Waals surface area contributed by atoms with Crippen LogP contribution in [0.25, 0.3) is 0 Å². The standard InChI is InChI=1S/C16H18OS2Si/c1-11-7-5-8-12-15(11)19(17)16-13(18-12)9-6-10-14(16)20(2,3)4/h5-10H,1-4H3. The van der Waals surface area contributed by atoms with E-state index >= 15 is 0 Å². The van der Waals surface area contributed by atoms with E-state index in [2.05, 4.69) is 56.9 Å². The summed E-state index contributed by atoms with van der Waals surface area (Å²) < 4.78 is 13.1. The van der Waals surface area contributed by atoms with Crippen LogP contribution >= 0.6 is 11.8 Å². The lowest BCUT2D eigenvalue weighted by Gasteiger charge is -2.27. The Kier molecular flexibility index (Phi) is 3.43. The Bertz CT molecular complexity index is 717. The van der Waals surface area contributed by atoms with E-state index in [4.69, 9.17) is 0 Å². The SMILES string of the molecule is Cc1cccc2c1S(=O)c1c(cccc1[Si](C)(C)C)S2. The van der Waals surface area contributed by atoms with Crippen LogP contribution in [0.5, 0.6) is 0 Å². The second-order valence-electron chi connectivity index (χ2n) is 6.16. The van der Waals surface area contributed by atoms with E-state index in [-0.39, 0.29) is 0 Å². The molecule has 1 aliphatic rings. The first-order chi connectivity index (χ1) is 9.39. The zero-order chi connectivity index (χ0) is 14.5. The molecule has 104 valence electrons. The Labute approximate surface area is 128 Å². The molecule has 0 fully saturated rings. The van der Waals surface area contributed by atoms with Crippen LogP contribution in [0.1, 0.15) is 5.56 Å². The smallest absolute Gasteiger partial charge is 0.0874 e. The van der Waals surface area contributed by atoms with Gasteiger partial charge >= 0.3 is 0 Å². The quantitative estimate of drug-likeness (QED) is 0.626. The van der Waals surface area contributed by atoms with Gasteiger partial charge in [-0.1, -0.05) is 55.7 Å². The Morgan fingerprint density at radius 1 is 0.950 bits per heavy atom. The normalized spacial score (nSPS) is 17.5. The summed E-state index contributed by atoms with van der Waals surface area (Å²) in [6.07, 6.45) is 0. The van der Waals surface area contributed by atoms with Crippen molar-refractivity contribution in [2.75, 3.05) is 0 Å². The highest BCUT2D eigenvalue weighted by atomic mass is 32.2. The summed E-state index contributed by atoms with van der Waals surface area (Å²) in [7, 11) is -2.55. The largest absolute Gasteiger partial charge is 0.249 e. The Hall–Kier alpha value is -0.843. The molecule has 0 amide bonds. The van der Waals surface area contributed by atoms with Crippen molar-refractivity contribution >= 4 is 35.8 Å². The van der Waals surface area contributed by atoms with Gasteiger partial charge in [0, 0.05) is 9.79 Å². The number of aryl methyl sites for hydroxylation is 1. The van der Waals surface area contributed by atoms with E-state index < -0.39 is 18.9 Å². The minimum Gasteiger partial charge on any atom is -0.249 e. The fourth-order valence-corrected chi connectivity index (χ4v) is 8.27. The fourth-order valence-electron chi connectivity index (χ4n) is 2.54. The summed E-state index contributed by atoms with van der Waals surface area (Å²) in [6, 6.07) is 12.6. The molecule has 0 saturated heterocycles. The zero-order valence-electron chi connectivity index (χ0n) is 12.2. The molecule has 0 spiro atoms. The number of hydrogen-bond donors (Lipinski definition) is 0. The minimum absolute atomic E-state index is 1.01.